The first-order chi connectivity index (χ1) is 17.1. The molecular formula is C25H29FN2O7S. The van der Waals surface area contributed by atoms with Gasteiger partial charge in [0.25, 0.3) is 5.91 Å². The van der Waals surface area contributed by atoms with Gasteiger partial charge >= 0.3 is 11.9 Å². The Kier molecular flexibility index (Phi) is 9.30. The number of aliphatic carboxylic acids is 2. The number of thiophene rings is 1. The lowest BCUT2D eigenvalue weighted by Gasteiger charge is -2.44. The number of hydrogen-bond acceptors (Lipinski definition) is 7. The van der Waals surface area contributed by atoms with Crippen molar-refractivity contribution in [2.45, 2.75) is 38.3 Å². The Morgan fingerprint density at radius 1 is 0.944 bits per heavy atom. The van der Waals surface area contributed by atoms with Crippen LogP contribution in [-0.2, 0) is 9.59 Å². The number of aliphatic hydroxyl groups excluding tert-OH is 1. The third kappa shape index (κ3) is 6.74. The van der Waals surface area contributed by atoms with E-state index >= 15 is 0 Å². The molecule has 2 saturated heterocycles. The Labute approximate surface area is 211 Å². The lowest BCUT2D eigenvalue weighted by Crippen LogP contribution is -2.57. The van der Waals surface area contributed by atoms with Gasteiger partial charge in [-0.1, -0.05) is 0 Å². The quantitative estimate of drug-likeness (QED) is 0.413. The van der Waals surface area contributed by atoms with Crippen molar-refractivity contribution in [2.24, 2.45) is 5.92 Å². The van der Waals surface area contributed by atoms with Crippen LogP contribution in [0.5, 0.6) is 0 Å². The molecule has 0 radical (unpaired) electrons. The minimum Gasteiger partial charge on any atom is -0.473 e. The zero-order valence-electron chi connectivity index (χ0n) is 19.8. The first-order valence-corrected chi connectivity index (χ1v) is 12.5. The fourth-order valence-electron chi connectivity index (χ4n) is 4.61. The summed E-state index contributed by atoms with van der Waals surface area (Å²) >= 11 is 1.45. The number of nitrogens with zero attached hydrogens (tertiary/aromatic N) is 2. The molecule has 2 atom stereocenters. The lowest BCUT2D eigenvalue weighted by atomic mass is 9.87. The maximum absolute atomic E-state index is 13.1. The minimum absolute atomic E-state index is 0.00334. The van der Waals surface area contributed by atoms with Crippen molar-refractivity contribution < 1.29 is 38.9 Å². The van der Waals surface area contributed by atoms with Crippen molar-refractivity contribution in [1.82, 2.24) is 9.80 Å². The maximum Gasteiger partial charge on any atom is 0.414 e. The van der Waals surface area contributed by atoms with Gasteiger partial charge in [-0.3, -0.25) is 14.5 Å². The third-order valence-corrected chi connectivity index (χ3v) is 7.58. The van der Waals surface area contributed by atoms with Gasteiger partial charge in [-0.25, -0.2) is 14.0 Å². The molecule has 0 spiro atoms. The molecular weight excluding hydrogens is 491 g/mol. The highest BCUT2D eigenvalue weighted by molar-refractivity contribution is 7.12. The number of piperidine rings is 2. The van der Waals surface area contributed by atoms with Crippen molar-refractivity contribution in [2.75, 3.05) is 26.2 Å². The number of benzene rings is 1. The number of ketones is 1. The number of Topliss-reactive ketones (excluding diaryl/α,β-unsaturated/α-hetero) is 1. The van der Waals surface area contributed by atoms with Crippen LogP contribution < -0.4 is 0 Å². The van der Waals surface area contributed by atoms with Crippen LogP contribution in [0.15, 0.2) is 35.7 Å². The molecule has 194 valence electrons. The van der Waals surface area contributed by atoms with E-state index in [-0.39, 0.29) is 29.5 Å². The molecule has 2 aliphatic heterocycles. The van der Waals surface area contributed by atoms with Crippen LogP contribution >= 0.6 is 11.3 Å². The number of carboxylic acid groups (broad SMARTS) is 2. The van der Waals surface area contributed by atoms with Gasteiger partial charge in [-0.15, -0.1) is 11.3 Å². The first-order valence-electron chi connectivity index (χ1n) is 11.6. The van der Waals surface area contributed by atoms with E-state index in [0.29, 0.717) is 18.7 Å². The van der Waals surface area contributed by atoms with Gasteiger partial charge in [0.15, 0.2) is 5.78 Å². The van der Waals surface area contributed by atoms with E-state index in [0.717, 1.165) is 42.8 Å². The normalized spacial score (nSPS) is 20.8. The number of likely N-dealkylation sites (tertiary alicyclic amines) is 2. The molecule has 0 unspecified atom stereocenters. The van der Waals surface area contributed by atoms with Crippen LogP contribution in [0.4, 0.5) is 4.39 Å². The summed E-state index contributed by atoms with van der Waals surface area (Å²) in [6.45, 7) is 4.40. The van der Waals surface area contributed by atoms with Gasteiger partial charge in [0, 0.05) is 30.6 Å². The lowest BCUT2D eigenvalue weighted by molar-refractivity contribution is -0.159. The highest BCUT2D eigenvalue weighted by atomic mass is 32.1. The monoisotopic (exact) mass is 520 g/mol. The van der Waals surface area contributed by atoms with E-state index < -0.39 is 18.0 Å². The van der Waals surface area contributed by atoms with Crippen LogP contribution in [0.3, 0.4) is 0 Å². The molecule has 0 saturated carbocycles. The van der Waals surface area contributed by atoms with Crippen LogP contribution in [0, 0.1) is 18.7 Å². The average molecular weight is 521 g/mol. The van der Waals surface area contributed by atoms with Gasteiger partial charge in [-0.2, -0.15) is 0 Å². The molecule has 0 aliphatic carbocycles. The number of aliphatic hydroxyl groups is 1. The molecule has 11 heteroatoms. The maximum atomic E-state index is 13.1. The van der Waals surface area contributed by atoms with Crippen molar-refractivity contribution in [3.63, 3.8) is 0 Å². The number of aryl methyl sites for hydroxylation is 1. The number of carboxylic acids is 2. The molecule has 1 aromatic carbocycles. The molecule has 3 heterocycles. The summed E-state index contributed by atoms with van der Waals surface area (Å²) in [5.41, 5.74) is 1.54. The highest BCUT2D eigenvalue weighted by Crippen LogP contribution is 2.28. The summed E-state index contributed by atoms with van der Waals surface area (Å²) in [5, 5.41) is 27.5. The molecule has 0 bridgehead atoms. The Hall–Kier alpha value is -3.15. The fraction of sp³-hybridized carbons (Fsp3) is 0.440. The predicted molar refractivity (Wildman–Crippen MR) is 130 cm³/mol. The second-order valence-electron chi connectivity index (χ2n) is 8.90. The molecule has 9 nitrogen and oxygen atoms in total. The zero-order valence-corrected chi connectivity index (χ0v) is 20.6. The van der Waals surface area contributed by atoms with E-state index in [9.17, 15) is 19.1 Å². The Bertz CT molecular complexity index is 1080. The zero-order chi connectivity index (χ0) is 26.4. The summed E-state index contributed by atoms with van der Waals surface area (Å²) in [7, 11) is 0. The van der Waals surface area contributed by atoms with E-state index in [4.69, 9.17) is 19.8 Å². The van der Waals surface area contributed by atoms with Crippen LogP contribution in [-0.4, -0.2) is 87.1 Å². The Morgan fingerprint density at radius 2 is 1.56 bits per heavy atom. The molecule has 4 rings (SSSR count). The number of amides is 1. The summed E-state index contributed by atoms with van der Waals surface area (Å²) in [6, 6.07) is 7.71. The number of carbonyl (C=O) groups is 4. The molecule has 3 N–H and O–H groups in total. The highest BCUT2D eigenvalue weighted by Gasteiger charge is 2.37. The fourth-order valence-corrected chi connectivity index (χ4v) is 5.50. The molecule has 1 amide bonds. The largest absolute Gasteiger partial charge is 0.473 e. The van der Waals surface area contributed by atoms with Crippen LogP contribution in [0.25, 0.3) is 0 Å². The summed E-state index contributed by atoms with van der Waals surface area (Å²) in [4.78, 5) is 48.4. The van der Waals surface area contributed by atoms with Gasteiger partial charge in [-0.05, 0) is 80.6 Å². The molecule has 1 aromatic heterocycles. The van der Waals surface area contributed by atoms with Crippen molar-refractivity contribution in [3.05, 3.63) is 57.5 Å². The van der Waals surface area contributed by atoms with E-state index in [1.807, 2.05) is 18.4 Å². The molecule has 2 aliphatic rings. The number of β-amino-alcohol motifs (C(OH)–C–C–N with tert-alkyl or cyclic N) is 1. The topological polar surface area (TPSA) is 135 Å². The standard InChI is InChI=1S/C23H27FN2O3S.C2H2O4/c1-15-9-13-30-22(15)23(29)26-12-8-19(20(27)14-26)25-10-6-17(7-11-25)21(28)16-2-4-18(24)5-3-16;3-1(4)2(5)6/h2-5,9,13,17,19-20,27H,6-8,10-12,14H2,1H3;(H,3,4)(H,5,6)/t19-,20-;/m1./s1. The molecule has 36 heavy (non-hydrogen) atoms. The van der Waals surface area contributed by atoms with Crippen molar-refractivity contribution >= 4 is 35.0 Å². The van der Waals surface area contributed by atoms with Gasteiger partial charge in [0.05, 0.1) is 11.0 Å². The van der Waals surface area contributed by atoms with E-state index in [2.05, 4.69) is 4.90 Å². The van der Waals surface area contributed by atoms with E-state index in [1.54, 1.807) is 17.0 Å². The van der Waals surface area contributed by atoms with Gasteiger partial charge < -0.3 is 20.2 Å². The number of hydrogen-bond donors (Lipinski definition) is 3. The van der Waals surface area contributed by atoms with Crippen molar-refractivity contribution in [3.8, 4) is 0 Å². The summed E-state index contributed by atoms with van der Waals surface area (Å²) in [5.74, 6) is -3.97. The van der Waals surface area contributed by atoms with Crippen LogP contribution in [0.2, 0.25) is 0 Å². The summed E-state index contributed by atoms with van der Waals surface area (Å²) in [6.07, 6.45) is 1.60. The predicted octanol–water partition coefficient (Wildman–Crippen LogP) is 2.52. The minimum atomic E-state index is -1.82. The summed E-state index contributed by atoms with van der Waals surface area (Å²) < 4.78 is 13.1. The van der Waals surface area contributed by atoms with Gasteiger partial charge in [0.1, 0.15) is 5.82 Å². The SMILES string of the molecule is Cc1ccsc1C(=O)N1CC[C@@H](N2CCC(C(=O)c3ccc(F)cc3)CC2)[C@H](O)C1.O=C(O)C(=O)O. The van der Waals surface area contributed by atoms with Gasteiger partial charge in [0.2, 0.25) is 0 Å². The van der Waals surface area contributed by atoms with E-state index in [1.165, 1.54) is 23.5 Å². The van der Waals surface area contributed by atoms with Crippen LogP contribution in [0.1, 0.15) is 44.9 Å². The number of rotatable bonds is 4. The Morgan fingerprint density at radius 3 is 2.06 bits per heavy atom. The number of halogens is 1. The smallest absolute Gasteiger partial charge is 0.414 e. The molecule has 2 aromatic rings. The second-order valence-corrected chi connectivity index (χ2v) is 9.82. The molecule has 2 fully saturated rings. The third-order valence-electron chi connectivity index (χ3n) is 6.57. The number of carbonyl (C=O) groups excluding carboxylic acids is 2. The first kappa shape index (κ1) is 27.4. The van der Waals surface area contributed by atoms with Crippen molar-refractivity contribution in [1.29, 1.82) is 0 Å². The average Bonchev–Trinajstić information content (AvgIpc) is 3.29. The Balaban J connectivity index is 0.000000538. The second kappa shape index (κ2) is 12.2.